The number of ether oxygens (including phenoxy) is 3. The van der Waals surface area contributed by atoms with Gasteiger partial charge in [0.05, 0.1) is 13.2 Å². The van der Waals surface area contributed by atoms with Crippen molar-refractivity contribution in [3.8, 4) is 17.2 Å². The number of halogens is 2. The van der Waals surface area contributed by atoms with Gasteiger partial charge in [-0.05, 0) is 73.0 Å². The molecule has 0 aromatic heterocycles. The molecule has 1 saturated heterocycles. The first-order valence-electron chi connectivity index (χ1n) is 11.3. The number of ketones is 1. The van der Waals surface area contributed by atoms with Crippen LogP contribution in [0, 0.1) is 17.6 Å². The van der Waals surface area contributed by atoms with E-state index >= 15 is 0 Å². The number of nitrogens with zero attached hydrogens (tertiary/aromatic N) is 1. The van der Waals surface area contributed by atoms with Crippen molar-refractivity contribution in [3.05, 3.63) is 89.5 Å². The maximum Gasteiger partial charge on any atom is 0.231 e. The summed E-state index contributed by atoms with van der Waals surface area (Å²) < 4.78 is 43.6. The third-order valence-electron chi connectivity index (χ3n) is 6.46. The van der Waals surface area contributed by atoms with Crippen LogP contribution in [0.4, 0.5) is 8.78 Å². The van der Waals surface area contributed by atoms with Crippen molar-refractivity contribution in [1.29, 1.82) is 0 Å². The molecule has 1 fully saturated rings. The Bertz CT molecular complexity index is 1150. The Morgan fingerprint density at radius 3 is 2.41 bits per heavy atom. The molecule has 34 heavy (non-hydrogen) atoms. The molecule has 5 rings (SSSR count). The van der Waals surface area contributed by atoms with E-state index in [0.717, 1.165) is 18.5 Å². The van der Waals surface area contributed by atoms with Crippen LogP contribution in [0.1, 0.15) is 28.3 Å². The number of carbonyl (C=O) groups excluding carboxylic acids is 1. The van der Waals surface area contributed by atoms with Crippen molar-refractivity contribution in [2.24, 2.45) is 5.92 Å². The molecule has 2 heterocycles. The summed E-state index contributed by atoms with van der Waals surface area (Å²) >= 11 is 0. The fraction of sp³-hybridized carbons (Fsp3) is 0.296. The van der Waals surface area contributed by atoms with Gasteiger partial charge in [-0.2, -0.15) is 0 Å². The van der Waals surface area contributed by atoms with Crippen molar-refractivity contribution in [3.63, 3.8) is 0 Å². The molecule has 0 unspecified atom stereocenters. The number of benzene rings is 3. The Balaban J connectivity index is 1.29. The van der Waals surface area contributed by atoms with E-state index in [1.807, 2.05) is 30.3 Å². The predicted molar refractivity (Wildman–Crippen MR) is 122 cm³/mol. The molecule has 0 bridgehead atoms. The lowest BCUT2D eigenvalue weighted by Gasteiger charge is -2.38. The van der Waals surface area contributed by atoms with E-state index in [1.165, 1.54) is 36.4 Å². The minimum absolute atomic E-state index is 0.0457. The highest BCUT2D eigenvalue weighted by atomic mass is 19.1. The number of Topliss-reactive ketones (excluding diaryl/α,β-unsaturated/α-hetero) is 1. The zero-order chi connectivity index (χ0) is 23.5. The van der Waals surface area contributed by atoms with Crippen LogP contribution in [0.3, 0.4) is 0 Å². The molecule has 3 aromatic carbocycles. The Morgan fingerprint density at radius 2 is 1.65 bits per heavy atom. The fourth-order valence-electron chi connectivity index (χ4n) is 4.67. The van der Waals surface area contributed by atoms with Crippen LogP contribution in [0.5, 0.6) is 17.2 Å². The monoisotopic (exact) mass is 465 g/mol. The van der Waals surface area contributed by atoms with Crippen molar-refractivity contribution in [1.82, 2.24) is 4.90 Å². The van der Waals surface area contributed by atoms with Crippen LogP contribution in [-0.2, 0) is 0 Å². The third kappa shape index (κ3) is 5.04. The average molecular weight is 465 g/mol. The number of rotatable bonds is 7. The molecule has 5 nitrogen and oxygen atoms in total. The number of carbonyl (C=O) groups is 1. The van der Waals surface area contributed by atoms with Crippen LogP contribution in [0.2, 0.25) is 0 Å². The average Bonchev–Trinajstić information content (AvgIpc) is 3.32. The van der Waals surface area contributed by atoms with Crippen LogP contribution >= 0.6 is 0 Å². The Hall–Kier alpha value is -3.45. The third-order valence-corrected chi connectivity index (χ3v) is 6.46. The van der Waals surface area contributed by atoms with E-state index in [9.17, 15) is 13.6 Å². The molecule has 0 amide bonds. The second-order valence-corrected chi connectivity index (χ2v) is 8.70. The van der Waals surface area contributed by atoms with Crippen molar-refractivity contribution < 1.29 is 27.8 Å². The van der Waals surface area contributed by atoms with Gasteiger partial charge in [0, 0.05) is 24.1 Å². The first-order valence-corrected chi connectivity index (χ1v) is 11.3. The van der Waals surface area contributed by atoms with E-state index in [-0.39, 0.29) is 42.6 Å². The van der Waals surface area contributed by atoms with Gasteiger partial charge in [-0.15, -0.1) is 0 Å². The highest BCUT2D eigenvalue weighted by Gasteiger charge is 2.32. The molecule has 3 aromatic rings. The standard InChI is InChI=1S/C27H25F2NO4/c28-21-5-1-18(2-6-21)24-11-12-30(15-25(31)19-3-7-22(29)8-4-19)14-20(24)16-32-23-9-10-26-27(13-23)34-17-33-26/h1-10,13,20,24H,11-12,14-17H2/t20-,24-/m0/s1. The maximum absolute atomic E-state index is 13.5. The molecule has 0 saturated carbocycles. The van der Waals surface area contributed by atoms with Crippen molar-refractivity contribution in [2.45, 2.75) is 12.3 Å². The smallest absolute Gasteiger partial charge is 0.231 e. The lowest BCUT2D eigenvalue weighted by molar-refractivity contribution is 0.0806. The van der Waals surface area contributed by atoms with Gasteiger partial charge < -0.3 is 14.2 Å². The summed E-state index contributed by atoms with van der Waals surface area (Å²) in [5, 5.41) is 0. The van der Waals surface area contributed by atoms with Crippen LogP contribution in [0.25, 0.3) is 0 Å². The topological polar surface area (TPSA) is 48.0 Å². The first-order chi connectivity index (χ1) is 16.5. The highest BCUT2D eigenvalue weighted by Crippen LogP contribution is 2.37. The number of fused-ring (bicyclic) bond motifs is 1. The van der Waals surface area contributed by atoms with E-state index < -0.39 is 0 Å². The zero-order valence-electron chi connectivity index (χ0n) is 18.6. The molecule has 2 aliphatic rings. The molecule has 0 N–H and O–H groups in total. The first kappa shape index (κ1) is 22.3. The van der Waals surface area contributed by atoms with E-state index in [2.05, 4.69) is 4.90 Å². The van der Waals surface area contributed by atoms with Crippen LogP contribution in [-0.4, -0.2) is 43.7 Å². The fourth-order valence-corrected chi connectivity index (χ4v) is 4.67. The summed E-state index contributed by atoms with van der Waals surface area (Å²) in [5.41, 5.74) is 1.56. The SMILES string of the molecule is O=C(CN1CC[C@@H](c2ccc(F)cc2)[C@H](COc2ccc3c(c2)OCO3)C1)c1ccc(F)cc1. The molecule has 176 valence electrons. The Morgan fingerprint density at radius 1 is 0.941 bits per heavy atom. The van der Waals surface area contributed by atoms with Gasteiger partial charge >= 0.3 is 0 Å². The maximum atomic E-state index is 13.5. The normalized spacial score (nSPS) is 19.7. The Labute approximate surface area is 196 Å². The molecule has 0 radical (unpaired) electrons. The minimum Gasteiger partial charge on any atom is -0.493 e. The zero-order valence-corrected chi connectivity index (χ0v) is 18.6. The Kier molecular flexibility index (Phi) is 6.45. The lowest BCUT2D eigenvalue weighted by atomic mass is 9.80. The summed E-state index contributed by atoms with van der Waals surface area (Å²) in [7, 11) is 0. The molecule has 7 heteroatoms. The number of likely N-dealkylation sites (tertiary alicyclic amines) is 1. The van der Waals surface area contributed by atoms with Gasteiger partial charge in [-0.1, -0.05) is 12.1 Å². The molecule has 0 aliphatic carbocycles. The van der Waals surface area contributed by atoms with Gasteiger partial charge in [-0.25, -0.2) is 8.78 Å². The number of hydrogen-bond donors (Lipinski definition) is 0. The van der Waals surface area contributed by atoms with Gasteiger partial charge in [0.2, 0.25) is 6.79 Å². The summed E-state index contributed by atoms with van der Waals surface area (Å²) in [6, 6.07) is 17.7. The highest BCUT2D eigenvalue weighted by molar-refractivity contribution is 5.97. The van der Waals surface area contributed by atoms with Gasteiger partial charge in [0.25, 0.3) is 0 Å². The van der Waals surface area contributed by atoms with Gasteiger partial charge in [-0.3, -0.25) is 9.69 Å². The van der Waals surface area contributed by atoms with Gasteiger partial charge in [0.1, 0.15) is 17.4 Å². The quantitative estimate of drug-likeness (QED) is 0.457. The lowest BCUT2D eigenvalue weighted by Crippen LogP contribution is -2.44. The van der Waals surface area contributed by atoms with Crippen molar-refractivity contribution in [2.75, 3.05) is 33.0 Å². The summed E-state index contributed by atoms with van der Waals surface area (Å²) in [4.78, 5) is 14.9. The van der Waals surface area contributed by atoms with Crippen LogP contribution in [0.15, 0.2) is 66.7 Å². The molecule has 2 atom stereocenters. The second kappa shape index (κ2) is 9.81. The van der Waals surface area contributed by atoms with Crippen molar-refractivity contribution >= 4 is 5.78 Å². The van der Waals surface area contributed by atoms with Gasteiger partial charge in [0.15, 0.2) is 17.3 Å². The predicted octanol–water partition coefficient (Wildman–Crippen LogP) is 5.06. The number of hydrogen-bond acceptors (Lipinski definition) is 5. The molecular formula is C27H25F2NO4. The summed E-state index contributed by atoms with van der Waals surface area (Å²) in [5.74, 6) is 1.62. The summed E-state index contributed by atoms with van der Waals surface area (Å²) in [6.07, 6.45) is 0.817. The second-order valence-electron chi connectivity index (χ2n) is 8.70. The molecule has 2 aliphatic heterocycles. The van der Waals surface area contributed by atoms with E-state index in [0.29, 0.717) is 36.0 Å². The van der Waals surface area contributed by atoms with Crippen LogP contribution < -0.4 is 14.2 Å². The summed E-state index contributed by atoms with van der Waals surface area (Å²) in [6.45, 7) is 2.27. The minimum atomic E-state index is -0.364. The molecular weight excluding hydrogens is 440 g/mol. The van der Waals surface area contributed by atoms with E-state index in [4.69, 9.17) is 14.2 Å². The molecule has 0 spiro atoms. The largest absolute Gasteiger partial charge is 0.493 e. The number of piperidine rings is 1. The van der Waals surface area contributed by atoms with E-state index in [1.54, 1.807) is 0 Å².